The monoisotopic (exact) mass is 312 g/mol. The molecule has 1 aromatic heterocycles. The molecular weight excluding hydrogens is 292 g/mol. The SMILES string of the molecule is CC(C)(C(=O)NC1CCc2ccccc21)n1ccnc1C(N)=O. The Morgan fingerprint density at radius 2 is 2.09 bits per heavy atom. The topological polar surface area (TPSA) is 90.0 Å². The minimum atomic E-state index is -0.960. The van der Waals surface area contributed by atoms with Crippen LogP contribution in [0.1, 0.15) is 48.1 Å². The number of aromatic nitrogens is 2. The summed E-state index contributed by atoms with van der Waals surface area (Å²) < 4.78 is 1.52. The molecule has 2 aromatic rings. The average Bonchev–Trinajstić information content (AvgIpc) is 3.15. The van der Waals surface area contributed by atoms with Gasteiger partial charge in [0.25, 0.3) is 5.91 Å². The van der Waals surface area contributed by atoms with Crippen LogP contribution in [0.4, 0.5) is 0 Å². The predicted octanol–water partition coefficient (Wildman–Crippen LogP) is 1.52. The van der Waals surface area contributed by atoms with E-state index in [9.17, 15) is 9.59 Å². The summed E-state index contributed by atoms with van der Waals surface area (Å²) in [5.74, 6) is -0.737. The zero-order valence-electron chi connectivity index (χ0n) is 13.2. The number of nitrogens with one attached hydrogen (secondary N) is 1. The fourth-order valence-corrected chi connectivity index (χ4v) is 3.09. The van der Waals surface area contributed by atoms with Crippen LogP contribution in [0.5, 0.6) is 0 Å². The van der Waals surface area contributed by atoms with E-state index in [1.54, 1.807) is 20.0 Å². The third-order valence-electron chi connectivity index (χ3n) is 4.46. The van der Waals surface area contributed by atoms with E-state index in [0.717, 1.165) is 18.4 Å². The van der Waals surface area contributed by atoms with Crippen molar-refractivity contribution in [1.82, 2.24) is 14.9 Å². The van der Waals surface area contributed by atoms with Crippen molar-refractivity contribution in [2.75, 3.05) is 0 Å². The molecule has 0 radical (unpaired) electrons. The lowest BCUT2D eigenvalue weighted by atomic mass is 10.0. The van der Waals surface area contributed by atoms with E-state index in [0.29, 0.717) is 0 Å². The summed E-state index contributed by atoms with van der Waals surface area (Å²) >= 11 is 0. The van der Waals surface area contributed by atoms with Gasteiger partial charge >= 0.3 is 0 Å². The first kappa shape index (κ1) is 15.3. The summed E-state index contributed by atoms with van der Waals surface area (Å²) in [6.45, 7) is 3.49. The summed E-state index contributed by atoms with van der Waals surface area (Å²) in [6.07, 6.45) is 4.91. The molecule has 0 saturated carbocycles. The van der Waals surface area contributed by atoms with Gasteiger partial charge in [-0.15, -0.1) is 0 Å². The lowest BCUT2D eigenvalue weighted by Crippen LogP contribution is -2.46. The fourth-order valence-electron chi connectivity index (χ4n) is 3.09. The number of nitrogens with zero attached hydrogens (tertiary/aromatic N) is 2. The first-order valence-electron chi connectivity index (χ1n) is 7.63. The van der Waals surface area contributed by atoms with Crippen molar-refractivity contribution in [2.24, 2.45) is 5.73 Å². The van der Waals surface area contributed by atoms with Gasteiger partial charge in [-0.3, -0.25) is 9.59 Å². The molecule has 0 bridgehead atoms. The molecule has 0 fully saturated rings. The zero-order valence-corrected chi connectivity index (χ0v) is 13.2. The second kappa shape index (κ2) is 5.53. The van der Waals surface area contributed by atoms with E-state index in [1.807, 2.05) is 18.2 Å². The first-order valence-corrected chi connectivity index (χ1v) is 7.63. The van der Waals surface area contributed by atoms with Crippen LogP contribution in [0, 0.1) is 0 Å². The Bertz CT molecular complexity index is 763. The van der Waals surface area contributed by atoms with Crippen molar-refractivity contribution in [1.29, 1.82) is 0 Å². The average molecular weight is 312 g/mol. The molecule has 1 unspecified atom stereocenters. The molecule has 120 valence electrons. The molecule has 3 rings (SSSR count). The molecule has 1 atom stereocenters. The Balaban J connectivity index is 1.83. The molecule has 3 N–H and O–H groups in total. The molecule has 1 heterocycles. The normalized spacial score (nSPS) is 16.9. The van der Waals surface area contributed by atoms with Crippen LogP contribution in [0.15, 0.2) is 36.7 Å². The highest BCUT2D eigenvalue weighted by Crippen LogP contribution is 2.31. The van der Waals surface area contributed by atoms with E-state index in [-0.39, 0.29) is 17.8 Å². The van der Waals surface area contributed by atoms with Crippen LogP contribution in [-0.2, 0) is 16.8 Å². The molecule has 0 spiro atoms. The Kier molecular flexibility index (Phi) is 3.67. The molecule has 23 heavy (non-hydrogen) atoms. The zero-order chi connectivity index (χ0) is 16.6. The lowest BCUT2D eigenvalue weighted by molar-refractivity contribution is -0.129. The van der Waals surface area contributed by atoms with E-state index in [1.165, 1.54) is 16.3 Å². The number of carbonyl (C=O) groups excluding carboxylic acids is 2. The number of hydrogen-bond acceptors (Lipinski definition) is 3. The lowest BCUT2D eigenvalue weighted by Gasteiger charge is -2.28. The van der Waals surface area contributed by atoms with Gasteiger partial charge in [-0.25, -0.2) is 4.98 Å². The minimum absolute atomic E-state index is 0.00137. The summed E-state index contributed by atoms with van der Waals surface area (Å²) in [4.78, 5) is 28.2. The van der Waals surface area contributed by atoms with E-state index in [2.05, 4.69) is 16.4 Å². The maximum Gasteiger partial charge on any atom is 0.284 e. The van der Waals surface area contributed by atoms with Crippen LogP contribution in [0.25, 0.3) is 0 Å². The number of carbonyl (C=O) groups is 2. The highest BCUT2D eigenvalue weighted by molar-refractivity contribution is 5.91. The number of hydrogen-bond donors (Lipinski definition) is 2. The quantitative estimate of drug-likeness (QED) is 0.897. The van der Waals surface area contributed by atoms with Gasteiger partial charge in [0.2, 0.25) is 5.91 Å². The highest BCUT2D eigenvalue weighted by atomic mass is 16.2. The fraction of sp³-hybridized carbons (Fsp3) is 0.353. The predicted molar refractivity (Wildman–Crippen MR) is 85.7 cm³/mol. The Hall–Kier alpha value is -2.63. The first-order chi connectivity index (χ1) is 10.9. The largest absolute Gasteiger partial charge is 0.363 e. The number of amides is 2. The number of nitrogens with two attached hydrogens (primary N) is 1. The number of aryl methyl sites for hydroxylation is 1. The molecule has 1 aliphatic rings. The van der Waals surface area contributed by atoms with E-state index < -0.39 is 11.4 Å². The van der Waals surface area contributed by atoms with Gasteiger partial charge in [-0.05, 0) is 37.8 Å². The second-order valence-electron chi connectivity index (χ2n) is 6.31. The maximum absolute atomic E-state index is 12.8. The van der Waals surface area contributed by atoms with Crippen molar-refractivity contribution < 1.29 is 9.59 Å². The van der Waals surface area contributed by atoms with Crippen LogP contribution < -0.4 is 11.1 Å². The molecule has 0 aliphatic heterocycles. The van der Waals surface area contributed by atoms with Crippen LogP contribution in [-0.4, -0.2) is 21.4 Å². The molecule has 6 heteroatoms. The molecule has 1 aromatic carbocycles. The molecule has 6 nitrogen and oxygen atoms in total. The van der Waals surface area contributed by atoms with Crippen molar-refractivity contribution >= 4 is 11.8 Å². The Labute approximate surface area is 134 Å². The summed E-state index contributed by atoms with van der Waals surface area (Å²) in [5.41, 5.74) is 6.81. The Morgan fingerprint density at radius 1 is 1.35 bits per heavy atom. The minimum Gasteiger partial charge on any atom is -0.363 e. The van der Waals surface area contributed by atoms with E-state index >= 15 is 0 Å². The third-order valence-corrected chi connectivity index (χ3v) is 4.46. The number of primary amides is 1. The molecule has 2 amide bonds. The van der Waals surface area contributed by atoms with Gasteiger partial charge in [0.05, 0.1) is 6.04 Å². The smallest absolute Gasteiger partial charge is 0.284 e. The van der Waals surface area contributed by atoms with Gasteiger partial charge in [-0.2, -0.15) is 0 Å². The van der Waals surface area contributed by atoms with Crippen LogP contribution in [0.2, 0.25) is 0 Å². The van der Waals surface area contributed by atoms with Crippen molar-refractivity contribution in [3.05, 3.63) is 53.6 Å². The summed E-state index contributed by atoms with van der Waals surface area (Å²) in [5, 5.41) is 3.09. The van der Waals surface area contributed by atoms with Crippen molar-refractivity contribution in [2.45, 2.75) is 38.3 Å². The van der Waals surface area contributed by atoms with E-state index in [4.69, 9.17) is 5.73 Å². The molecule has 1 aliphatic carbocycles. The highest BCUT2D eigenvalue weighted by Gasteiger charge is 2.35. The second-order valence-corrected chi connectivity index (χ2v) is 6.31. The number of imidazole rings is 1. The van der Waals surface area contributed by atoms with Crippen molar-refractivity contribution in [3.63, 3.8) is 0 Å². The number of fused-ring (bicyclic) bond motifs is 1. The number of benzene rings is 1. The molecular formula is C17H20N4O2. The molecule has 0 saturated heterocycles. The Morgan fingerprint density at radius 3 is 2.83 bits per heavy atom. The summed E-state index contributed by atoms with van der Waals surface area (Å²) in [7, 11) is 0. The van der Waals surface area contributed by atoms with Gasteiger partial charge in [0.15, 0.2) is 5.82 Å². The van der Waals surface area contributed by atoms with Crippen molar-refractivity contribution in [3.8, 4) is 0 Å². The summed E-state index contributed by atoms with van der Waals surface area (Å²) in [6, 6.07) is 8.13. The third kappa shape index (κ3) is 2.60. The van der Waals surface area contributed by atoms with Gasteiger partial charge in [0.1, 0.15) is 5.54 Å². The van der Waals surface area contributed by atoms with Crippen LogP contribution >= 0.6 is 0 Å². The van der Waals surface area contributed by atoms with Crippen LogP contribution in [0.3, 0.4) is 0 Å². The maximum atomic E-state index is 12.8. The van der Waals surface area contributed by atoms with Gasteiger partial charge in [0, 0.05) is 12.4 Å². The standard InChI is InChI=1S/C17H20N4O2/c1-17(2,21-10-9-19-15(21)14(18)22)16(23)20-13-8-7-11-5-3-4-6-12(11)13/h3-6,9-10,13H,7-8H2,1-2H3,(H2,18,22)(H,20,23). The van der Waals surface area contributed by atoms with Gasteiger partial charge < -0.3 is 15.6 Å². The van der Waals surface area contributed by atoms with Gasteiger partial charge in [-0.1, -0.05) is 24.3 Å². The number of rotatable bonds is 4.